The zero-order chi connectivity index (χ0) is 16.0. The maximum absolute atomic E-state index is 6.59. The molecule has 0 spiro atoms. The van der Waals surface area contributed by atoms with Crippen LogP contribution in [0.15, 0.2) is 54.6 Å². The van der Waals surface area contributed by atoms with Gasteiger partial charge in [0.2, 0.25) is 0 Å². The first-order valence-electron chi connectivity index (χ1n) is 7.67. The van der Waals surface area contributed by atoms with E-state index in [0.717, 1.165) is 25.9 Å². The molecule has 0 aliphatic carbocycles. The van der Waals surface area contributed by atoms with E-state index in [1.54, 1.807) is 0 Å². The summed E-state index contributed by atoms with van der Waals surface area (Å²) < 4.78 is 0. The maximum atomic E-state index is 6.59. The van der Waals surface area contributed by atoms with Crippen molar-refractivity contribution in [1.82, 2.24) is 0 Å². The number of halogens is 1. The molecule has 0 saturated carbocycles. The van der Waals surface area contributed by atoms with Crippen molar-refractivity contribution >= 4 is 86.8 Å². The average molecular weight is 350 g/mol. The van der Waals surface area contributed by atoms with Gasteiger partial charge in [-0.1, -0.05) is 65.6 Å². The Bertz CT molecular complexity index is 1060. The Morgan fingerprint density at radius 2 is 1.43 bits per heavy atom. The third-order valence-electron chi connectivity index (χ3n) is 4.54. The van der Waals surface area contributed by atoms with Crippen LogP contribution >= 0.6 is 29.2 Å². The molecule has 0 aliphatic rings. The van der Waals surface area contributed by atoms with Crippen molar-refractivity contribution in [3.05, 3.63) is 59.6 Å². The van der Waals surface area contributed by atoms with Gasteiger partial charge in [-0.25, -0.2) is 0 Å². The molecule has 0 N–H and O–H groups in total. The Hall–Kier alpha value is -1.06. The zero-order valence-corrected chi connectivity index (χ0v) is 15.8. The Kier molecular flexibility index (Phi) is 4.10. The van der Waals surface area contributed by atoms with Crippen LogP contribution in [0.1, 0.15) is 0 Å². The highest BCUT2D eigenvalue weighted by molar-refractivity contribution is 7.73. The number of benzene rings is 4. The molecule has 0 bridgehead atoms. The molecule has 0 radical (unpaired) electrons. The fraction of sp³-hybridized carbons (Fsp3) is 0. The monoisotopic (exact) mass is 350 g/mol. The molecule has 0 saturated heterocycles. The first-order valence-corrected chi connectivity index (χ1v) is 10.4. The first-order chi connectivity index (χ1) is 11.2. The lowest BCUT2D eigenvalue weighted by Crippen LogP contribution is -2.09. The molecule has 110 valence electrons. The summed E-state index contributed by atoms with van der Waals surface area (Å²) in [5, 5.41) is 9.87. The van der Waals surface area contributed by atoms with E-state index in [0.29, 0.717) is 0 Å². The van der Waals surface area contributed by atoms with Gasteiger partial charge in [-0.2, -0.15) is 9.12 Å². The van der Waals surface area contributed by atoms with Crippen LogP contribution in [0.25, 0.3) is 32.3 Å². The third kappa shape index (κ3) is 2.49. The molecule has 23 heavy (non-hydrogen) atoms. The molecule has 4 aromatic rings. The van der Waals surface area contributed by atoms with Crippen molar-refractivity contribution in [2.75, 3.05) is 0 Å². The average Bonchev–Trinajstić information content (AvgIpc) is 2.61. The lowest BCUT2D eigenvalue weighted by molar-refractivity contribution is 1.82. The van der Waals surface area contributed by atoms with Gasteiger partial charge in [-0.15, -0.1) is 8.46 Å². The largest absolute Gasteiger partial charge is 0.182 e. The second-order valence-corrected chi connectivity index (χ2v) is 7.61. The Labute approximate surface area is 146 Å². The molecule has 4 rings (SSSR count). The van der Waals surface area contributed by atoms with E-state index in [2.05, 4.69) is 71.3 Å². The van der Waals surface area contributed by atoms with Gasteiger partial charge in [-0.05, 0) is 38.3 Å². The Morgan fingerprint density at radius 3 is 2.22 bits per heavy atom. The van der Waals surface area contributed by atoms with E-state index in [1.165, 1.54) is 37.7 Å². The standard InChI is InChI=1S/C18H15B2ClP2/c19-23-11-2-4-12-10(9-11)1-3-14-13(12)5-6-16-15(14)7-8-17(20-22)18(16)21/h1-9,20,23H,19,22H2. The Balaban J connectivity index is 2.11. The van der Waals surface area contributed by atoms with Crippen molar-refractivity contribution in [3.63, 3.8) is 0 Å². The molecule has 0 aromatic heterocycles. The third-order valence-corrected chi connectivity index (χ3v) is 6.31. The minimum Gasteiger partial charge on any atom is -0.169 e. The topological polar surface area (TPSA) is 0 Å². The van der Waals surface area contributed by atoms with Gasteiger partial charge in [0.1, 0.15) is 7.57 Å². The quantitative estimate of drug-likeness (QED) is 0.295. The van der Waals surface area contributed by atoms with E-state index in [9.17, 15) is 0 Å². The summed E-state index contributed by atoms with van der Waals surface area (Å²) in [7, 11) is 5.81. The van der Waals surface area contributed by atoms with Gasteiger partial charge in [0.25, 0.3) is 0 Å². The zero-order valence-electron chi connectivity index (χ0n) is 12.9. The van der Waals surface area contributed by atoms with Crippen LogP contribution in [0.4, 0.5) is 0 Å². The molecular formula is C18H15B2ClP2. The summed E-state index contributed by atoms with van der Waals surface area (Å²) in [4.78, 5) is 0. The minimum absolute atomic E-state index is 0.832. The van der Waals surface area contributed by atoms with Crippen LogP contribution in [0.2, 0.25) is 5.02 Å². The summed E-state index contributed by atoms with van der Waals surface area (Å²) in [6.45, 7) is 0.880. The molecule has 0 heterocycles. The van der Waals surface area contributed by atoms with Gasteiger partial charge in [0.15, 0.2) is 7.00 Å². The number of hydrogen-bond donors (Lipinski definition) is 0. The van der Waals surface area contributed by atoms with Gasteiger partial charge in [-0.3, -0.25) is 0 Å². The van der Waals surface area contributed by atoms with Gasteiger partial charge < -0.3 is 0 Å². The Morgan fingerprint density at radius 1 is 0.826 bits per heavy atom. The lowest BCUT2D eigenvalue weighted by atomic mass is 9.89. The first kappa shape index (κ1) is 15.5. The van der Waals surface area contributed by atoms with E-state index < -0.39 is 0 Å². The minimum atomic E-state index is 0.832. The van der Waals surface area contributed by atoms with Crippen LogP contribution < -0.4 is 10.8 Å². The number of hydrogen-bond acceptors (Lipinski definition) is 0. The van der Waals surface area contributed by atoms with Crippen LogP contribution in [-0.2, 0) is 0 Å². The normalized spacial score (nSPS) is 11.9. The number of fused-ring (bicyclic) bond motifs is 5. The molecule has 0 aliphatic heterocycles. The second kappa shape index (κ2) is 6.10. The fourth-order valence-electron chi connectivity index (χ4n) is 3.28. The summed E-state index contributed by atoms with van der Waals surface area (Å²) in [6, 6.07) is 20.0. The molecule has 0 amide bonds. The predicted octanol–water partition coefficient (Wildman–Crippen LogP) is 3.50. The molecule has 2 atom stereocenters. The van der Waals surface area contributed by atoms with Crippen LogP contribution in [0.5, 0.6) is 0 Å². The van der Waals surface area contributed by atoms with Gasteiger partial charge in [0, 0.05) is 10.4 Å². The molecule has 4 aromatic carbocycles. The van der Waals surface area contributed by atoms with E-state index in [4.69, 9.17) is 11.6 Å². The summed E-state index contributed by atoms with van der Waals surface area (Å²) in [6.07, 6.45) is 0. The smallest absolute Gasteiger partial charge is 0.169 e. The van der Waals surface area contributed by atoms with E-state index in [1.807, 2.05) is 0 Å². The highest BCUT2D eigenvalue weighted by Crippen LogP contribution is 2.33. The number of rotatable bonds is 2. The summed E-state index contributed by atoms with van der Waals surface area (Å²) in [5.41, 5.74) is 1.18. The van der Waals surface area contributed by atoms with Crippen molar-refractivity contribution < 1.29 is 0 Å². The highest BCUT2D eigenvalue weighted by atomic mass is 35.5. The van der Waals surface area contributed by atoms with Crippen molar-refractivity contribution in [1.29, 1.82) is 0 Å². The maximum Gasteiger partial charge on any atom is 0.182 e. The van der Waals surface area contributed by atoms with Gasteiger partial charge >= 0.3 is 0 Å². The predicted molar refractivity (Wildman–Crippen MR) is 117 cm³/mol. The molecule has 0 nitrogen and oxygen atoms in total. The molecule has 5 heteroatoms. The van der Waals surface area contributed by atoms with Crippen LogP contribution in [0, 0.1) is 0 Å². The van der Waals surface area contributed by atoms with Crippen molar-refractivity contribution in [3.8, 4) is 0 Å². The van der Waals surface area contributed by atoms with Crippen LogP contribution in [-0.4, -0.2) is 14.6 Å². The van der Waals surface area contributed by atoms with Crippen molar-refractivity contribution in [2.45, 2.75) is 0 Å². The molecule has 0 fully saturated rings. The van der Waals surface area contributed by atoms with Gasteiger partial charge in [0.05, 0.1) is 0 Å². The highest BCUT2D eigenvalue weighted by Gasteiger charge is 2.09. The second-order valence-electron chi connectivity index (χ2n) is 5.75. The lowest BCUT2D eigenvalue weighted by Gasteiger charge is -2.11. The molecule has 2 unspecified atom stereocenters. The van der Waals surface area contributed by atoms with Crippen molar-refractivity contribution in [2.24, 2.45) is 0 Å². The SMILES string of the molecule is BPc1ccc2c(ccc3c4ccc(BP)c(Cl)c4ccc23)c1. The molecular weight excluding hydrogens is 335 g/mol. The summed E-state index contributed by atoms with van der Waals surface area (Å²) >= 11 is 6.59. The van der Waals surface area contributed by atoms with Crippen LogP contribution in [0.3, 0.4) is 0 Å². The van der Waals surface area contributed by atoms with E-state index in [-0.39, 0.29) is 0 Å². The fourth-order valence-corrected chi connectivity index (χ4v) is 4.61. The summed E-state index contributed by atoms with van der Waals surface area (Å²) in [5.74, 6) is 0. The van der Waals surface area contributed by atoms with E-state index >= 15 is 0 Å².